The molecule has 1 aromatic carbocycles. The van der Waals surface area contributed by atoms with Gasteiger partial charge in [0.25, 0.3) is 0 Å². The highest BCUT2D eigenvalue weighted by molar-refractivity contribution is 8.00. The van der Waals surface area contributed by atoms with Gasteiger partial charge in [0, 0.05) is 21.7 Å². The number of amides is 1. The maximum absolute atomic E-state index is 12.4. The van der Waals surface area contributed by atoms with Crippen LogP contribution in [0, 0.1) is 17.8 Å². The fourth-order valence-corrected chi connectivity index (χ4v) is 5.90. The SMILES string of the molecule is O=C(Nc1nnc(SCc2c(Cl)cccc2Cl)s1)C1CC2C=CC1C2. The molecule has 1 aromatic heterocycles. The minimum Gasteiger partial charge on any atom is -0.300 e. The third-order valence-corrected chi connectivity index (χ3v) is 7.36. The Labute approximate surface area is 164 Å². The van der Waals surface area contributed by atoms with E-state index >= 15 is 0 Å². The van der Waals surface area contributed by atoms with Crippen LogP contribution in [0.3, 0.4) is 0 Å². The van der Waals surface area contributed by atoms with E-state index in [9.17, 15) is 4.79 Å². The van der Waals surface area contributed by atoms with Crippen LogP contribution in [0.25, 0.3) is 0 Å². The van der Waals surface area contributed by atoms with E-state index < -0.39 is 0 Å². The number of rotatable bonds is 5. The average Bonchev–Trinajstić information content (AvgIpc) is 3.31. The van der Waals surface area contributed by atoms with E-state index in [1.807, 2.05) is 18.2 Å². The predicted molar refractivity (Wildman–Crippen MR) is 103 cm³/mol. The van der Waals surface area contributed by atoms with Gasteiger partial charge in [-0.15, -0.1) is 10.2 Å². The zero-order valence-corrected chi connectivity index (χ0v) is 16.3. The molecule has 1 N–H and O–H groups in total. The lowest BCUT2D eigenvalue weighted by atomic mass is 9.93. The van der Waals surface area contributed by atoms with E-state index in [0.717, 1.165) is 22.7 Å². The Balaban J connectivity index is 1.36. The molecule has 0 saturated heterocycles. The molecule has 1 heterocycles. The predicted octanol–water partition coefficient (Wildman–Crippen LogP) is 5.29. The standard InChI is InChI=1S/C17H15Cl2N3OS2/c18-13-2-1-3-14(19)12(13)8-24-17-22-21-16(25-17)20-15(23)11-7-9-4-5-10(11)6-9/h1-5,9-11H,6-8H2,(H,20,21,23). The molecule has 1 amide bonds. The van der Waals surface area contributed by atoms with Crippen molar-refractivity contribution >= 4 is 57.3 Å². The zero-order chi connectivity index (χ0) is 17.4. The molecule has 4 rings (SSSR count). The topological polar surface area (TPSA) is 54.9 Å². The van der Waals surface area contributed by atoms with Gasteiger partial charge in [-0.25, -0.2) is 0 Å². The Bertz CT molecular complexity index is 819. The first kappa shape index (κ1) is 17.3. The minimum atomic E-state index is 0.0544. The summed E-state index contributed by atoms with van der Waals surface area (Å²) in [4.78, 5) is 12.4. The third kappa shape index (κ3) is 3.72. The highest BCUT2D eigenvalue weighted by Crippen LogP contribution is 2.44. The van der Waals surface area contributed by atoms with E-state index in [-0.39, 0.29) is 11.8 Å². The lowest BCUT2D eigenvalue weighted by Crippen LogP contribution is -2.25. The van der Waals surface area contributed by atoms with Crippen LogP contribution in [0.5, 0.6) is 0 Å². The van der Waals surface area contributed by atoms with Gasteiger partial charge in [-0.3, -0.25) is 4.79 Å². The summed E-state index contributed by atoms with van der Waals surface area (Å²) in [5, 5.41) is 13.0. The van der Waals surface area contributed by atoms with Crippen molar-refractivity contribution in [3.8, 4) is 0 Å². The Hall–Kier alpha value is -1.08. The van der Waals surface area contributed by atoms with E-state index in [1.165, 1.54) is 23.1 Å². The molecule has 2 bridgehead atoms. The van der Waals surface area contributed by atoms with Crippen molar-refractivity contribution < 1.29 is 4.79 Å². The fraction of sp³-hybridized carbons (Fsp3) is 0.353. The lowest BCUT2D eigenvalue weighted by molar-refractivity contribution is -0.120. The quantitative estimate of drug-likeness (QED) is 0.412. The van der Waals surface area contributed by atoms with E-state index in [4.69, 9.17) is 23.2 Å². The van der Waals surface area contributed by atoms with Gasteiger partial charge in [0.15, 0.2) is 4.34 Å². The molecule has 4 nitrogen and oxygen atoms in total. The normalized spacial score (nSPS) is 24.0. The summed E-state index contributed by atoms with van der Waals surface area (Å²) in [7, 11) is 0. The number of nitrogens with zero attached hydrogens (tertiary/aromatic N) is 2. The Morgan fingerprint density at radius 2 is 2.04 bits per heavy atom. The summed E-state index contributed by atoms with van der Waals surface area (Å²) < 4.78 is 0.777. The van der Waals surface area contributed by atoms with Crippen molar-refractivity contribution in [3.63, 3.8) is 0 Å². The first-order valence-corrected chi connectivity index (χ1v) is 10.5. The number of fused-ring (bicyclic) bond motifs is 2. The molecule has 3 unspecified atom stereocenters. The van der Waals surface area contributed by atoms with Crippen molar-refractivity contribution in [2.24, 2.45) is 17.8 Å². The average molecular weight is 412 g/mol. The first-order valence-electron chi connectivity index (χ1n) is 7.98. The second-order valence-electron chi connectivity index (χ2n) is 6.24. The lowest BCUT2D eigenvalue weighted by Gasteiger charge is -2.16. The zero-order valence-electron chi connectivity index (χ0n) is 13.1. The van der Waals surface area contributed by atoms with Gasteiger partial charge in [-0.2, -0.15) is 0 Å². The maximum Gasteiger partial charge on any atom is 0.229 e. The summed E-state index contributed by atoms with van der Waals surface area (Å²) >= 11 is 15.2. The van der Waals surface area contributed by atoms with Gasteiger partial charge in [0.05, 0.1) is 0 Å². The molecule has 1 fully saturated rings. The van der Waals surface area contributed by atoms with Crippen LogP contribution >= 0.6 is 46.3 Å². The molecular formula is C17H15Cl2N3OS2. The number of benzene rings is 1. The fourth-order valence-electron chi connectivity index (χ4n) is 3.40. The second kappa shape index (κ2) is 7.27. The van der Waals surface area contributed by atoms with Crippen molar-refractivity contribution in [3.05, 3.63) is 46.0 Å². The van der Waals surface area contributed by atoms with Crippen LogP contribution < -0.4 is 5.32 Å². The van der Waals surface area contributed by atoms with Gasteiger partial charge < -0.3 is 5.32 Å². The number of halogens is 2. The minimum absolute atomic E-state index is 0.0544. The molecule has 0 radical (unpaired) electrons. The molecule has 2 aliphatic rings. The Kier molecular flexibility index (Phi) is 5.04. The number of hydrogen-bond donors (Lipinski definition) is 1. The molecule has 0 aliphatic heterocycles. The number of anilines is 1. The number of thioether (sulfide) groups is 1. The maximum atomic E-state index is 12.4. The second-order valence-corrected chi connectivity index (χ2v) is 9.25. The molecule has 1 saturated carbocycles. The Morgan fingerprint density at radius 3 is 2.72 bits per heavy atom. The molecule has 130 valence electrons. The van der Waals surface area contributed by atoms with Crippen LogP contribution in [-0.4, -0.2) is 16.1 Å². The molecular weight excluding hydrogens is 397 g/mol. The highest BCUT2D eigenvalue weighted by atomic mass is 35.5. The van der Waals surface area contributed by atoms with E-state index in [1.54, 1.807) is 0 Å². The monoisotopic (exact) mass is 411 g/mol. The van der Waals surface area contributed by atoms with Crippen molar-refractivity contribution in [1.29, 1.82) is 0 Å². The summed E-state index contributed by atoms with van der Waals surface area (Å²) in [6, 6.07) is 5.46. The highest BCUT2D eigenvalue weighted by Gasteiger charge is 2.40. The van der Waals surface area contributed by atoms with Crippen LogP contribution in [0.1, 0.15) is 18.4 Å². The number of carbonyl (C=O) groups excluding carboxylic acids is 1. The van der Waals surface area contributed by atoms with Crippen molar-refractivity contribution in [1.82, 2.24) is 10.2 Å². The molecule has 25 heavy (non-hydrogen) atoms. The number of carbonyl (C=O) groups is 1. The smallest absolute Gasteiger partial charge is 0.229 e. The molecule has 8 heteroatoms. The Morgan fingerprint density at radius 1 is 1.24 bits per heavy atom. The van der Waals surface area contributed by atoms with Gasteiger partial charge in [0.2, 0.25) is 11.0 Å². The van der Waals surface area contributed by atoms with Crippen LogP contribution in [0.2, 0.25) is 10.0 Å². The molecule has 2 aliphatic carbocycles. The van der Waals surface area contributed by atoms with Crippen LogP contribution in [0.15, 0.2) is 34.7 Å². The summed E-state index contributed by atoms with van der Waals surface area (Å²) in [5.74, 6) is 1.68. The first-order chi connectivity index (χ1) is 12.1. The van der Waals surface area contributed by atoms with Crippen LogP contribution in [0.4, 0.5) is 5.13 Å². The van der Waals surface area contributed by atoms with Gasteiger partial charge in [-0.05, 0) is 42.4 Å². The van der Waals surface area contributed by atoms with E-state index in [2.05, 4.69) is 27.7 Å². The molecule has 2 aromatic rings. The van der Waals surface area contributed by atoms with Crippen LogP contribution in [-0.2, 0) is 10.5 Å². The number of hydrogen-bond acceptors (Lipinski definition) is 5. The number of allylic oxidation sites excluding steroid dienone is 2. The van der Waals surface area contributed by atoms with Gasteiger partial charge in [0.1, 0.15) is 0 Å². The summed E-state index contributed by atoms with van der Waals surface area (Å²) in [6.45, 7) is 0. The van der Waals surface area contributed by atoms with Crippen molar-refractivity contribution in [2.45, 2.75) is 22.9 Å². The largest absolute Gasteiger partial charge is 0.300 e. The summed E-state index contributed by atoms with van der Waals surface area (Å²) in [6.07, 6.45) is 6.45. The molecule has 0 spiro atoms. The third-order valence-electron chi connectivity index (χ3n) is 4.65. The number of nitrogens with one attached hydrogen (secondary N) is 1. The van der Waals surface area contributed by atoms with Crippen molar-refractivity contribution in [2.75, 3.05) is 5.32 Å². The van der Waals surface area contributed by atoms with Gasteiger partial charge >= 0.3 is 0 Å². The number of aromatic nitrogens is 2. The summed E-state index contributed by atoms with van der Waals surface area (Å²) in [5.41, 5.74) is 0.880. The van der Waals surface area contributed by atoms with Gasteiger partial charge in [-0.1, -0.05) is 64.5 Å². The van der Waals surface area contributed by atoms with E-state index in [0.29, 0.717) is 32.8 Å². The molecule has 3 atom stereocenters.